The number of aliphatic imine (C=N–C) groups is 1. The lowest BCUT2D eigenvalue weighted by atomic mass is 10.2. The van der Waals surface area contributed by atoms with Crippen LogP contribution >= 0.6 is 24.0 Å². The lowest BCUT2D eigenvalue weighted by molar-refractivity contribution is 0.201. The number of nitrogens with one attached hydrogen (secondary N) is 2. The number of halogens is 1. The largest absolute Gasteiger partial charge is 0.474 e. The van der Waals surface area contributed by atoms with Gasteiger partial charge in [-0.3, -0.25) is 4.99 Å². The van der Waals surface area contributed by atoms with E-state index in [1.165, 1.54) is 19.1 Å². The summed E-state index contributed by atoms with van der Waals surface area (Å²) in [4.78, 5) is 8.48. The molecule has 0 amide bonds. The van der Waals surface area contributed by atoms with Crippen molar-refractivity contribution in [3.63, 3.8) is 0 Å². The molecule has 1 heterocycles. The SMILES string of the molecule is CN=C(NCc1ccnc(OC2CCCC2)c1)NC(C)CCS(C)(=O)=O.I. The monoisotopic (exact) mass is 510 g/mol. The molecular formula is C18H31IN4O3S. The summed E-state index contributed by atoms with van der Waals surface area (Å²) in [6.45, 7) is 2.53. The number of guanidine groups is 1. The van der Waals surface area contributed by atoms with Gasteiger partial charge in [0.1, 0.15) is 15.9 Å². The summed E-state index contributed by atoms with van der Waals surface area (Å²) in [5.74, 6) is 1.46. The molecule has 1 unspecified atom stereocenters. The van der Waals surface area contributed by atoms with Gasteiger partial charge in [0.25, 0.3) is 0 Å². The third-order valence-electron chi connectivity index (χ3n) is 4.38. The minimum atomic E-state index is -2.95. The number of hydrogen-bond donors (Lipinski definition) is 2. The summed E-state index contributed by atoms with van der Waals surface area (Å²) in [6.07, 6.45) is 8.49. The van der Waals surface area contributed by atoms with Gasteiger partial charge in [-0.1, -0.05) is 0 Å². The van der Waals surface area contributed by atoms with Crippen LogP contribution in [0.15, 0.2) is 23.3 Å². The average Bonchev–Trinajstić information content (AvgIpc) is 3.09. The summed E-state index contributed by atoms with van der Waals surface area (Å²) in [5.41, 5.74) is 1.06. The first-order valence-electron chi connectivity index (χ1n) is 9.12. The summed E-state index contributed by atoms with van der Waals surface area (Å²) >= 11 is 0. The van der Waals surface area contributed by atoms with Crippen molar-refractivity contribution in [1.82, 2.24) is 15.6 Å². The second kappa shape index (κ2) is 11.7. The maximum absolute atomic E-state index is 11.3. The Morgan fingerprint density at radius 2 is 2.11 bits per heavy atom. The van der Waals surface area contributed by atoms with Crippen LogP contribution in [0.5, 0.6) is 5.88 Å². The van der Waals surface area contributed by atoms with Gasteiger partial charge in [-0.2, -0.15) is 0 Å². The van der Waals surface area contributed by atoms with Crippen molar-refractivity contribution in [3.8, 4) is 5.88 Å². The molecule has 1 aromatic heterocycles. The highest BCUT2D eigenvalue weighted by Crippen LogP contribution is 2.23. The Labute approximate surface area is 179 Å². The van der Waals surface area contributed by atoms with Gasteiger partial charge >= 0.3 is 0 Å². The molecule has 0 radical (unpaired) electrons. The number of ether oxygens (including phenoxy) is 1. The van der Waals surface area contributed by atoms with Crippen LogP contribution in [-0.4, -0.2) is 50.6 Å². The van der Waals surface area contributed by atoms with Crippen LogP contribution in [0.2, 0.25) is 0 Å². The van der Waals surface area contributed by atoms with Crippen molar-refractivity contribution in [2.45, 2.75) is 57.7 Å². The quantitative estimate of drug-likeness (QED) is 0.317. The topological polar surface area (TPSA) is 92.7 Å². The highest BCUT2D eigenvalue weighted by Gasteiger charge is 2.17. The maximum atomic E-state index is 11.3. The third-order valence-corrected chi connectivity index (χ3v) is 5.35. The van der Waals surface area contributed by atoms with E-state index in [0.29, 0.717) is 24.8 Å². The smallest absolute Gasteiger partial charge is 0.213 e. The molecular weight excluding hydrogens is 479 g/mol. The van der Waals surface area contributed by atoms with Gasteiger partial charge in [-0.25, -0.2) is 13.4 Å². The van der Waals surface area contributed by atoms with Gasteiger partial charge in [-0.05, 0) is 50.7 Å². The predicted molar refractivity (Wildman–Crippen MR) is 120 cm³/mol. The molecule has 1 aliphatic rings. The Hall–Kier alpha value is -1.10. The van der Waals surface area contributed by atoms with E-state index in [0.717, 1.165) is 18.4 Å². The summed E-state index contributed by atoms with van der Waals surface area (Å²) in [6, 6.07) is 3.90. The summed E-state index contributed by atoms with van der Waals surface area (Å²) in [5, 5.41) is 6.45. The number of hydrogen-bond acceptors (Lipinski definition) is 5. The second-order valence-electron chi connectivity index (χ2n) is 6.92. The zero-order valence-electron chi connectivity index (χ0n) is 16.3. The predicted octanol–water partition coefficient (Wildman–Crippen LogP) is 2.51. The normalized spacial score (nSPS) is 16.5. The Kier molecular flexibility index (Phi) is 10.4. The molecule has 1 fully saturated rings. The number of nitrogens with zero attached hydrogens (tertiary/aromatic N) is 2. The number of aromatic nitrogens is 1. The first kappa shape index (κ1) is 23.9. The van der Waals surface area contributed by atoms with E-state index in [1.54, 1.807) is 13.2 Å². The molecule has 9 heteroatoms. The molecule has 1 aromatic rings. The lowest BCUT2D eigenvalue weighted by Gasteiger charge is -2.18. The third kappa shape index (κ3) is 9.59. The Morgan fingerprint density at radius 1 is 1.41 bits per heavy atom. The van der Waals surface area contributed by atoms with Crippen molar-refractivity contribution >= 4 is 39.8 Å². The fourth-order valence-electron chi connectivity index (χ4n) is 2.88. The van der Waals surface area contributed by atoms with E-state index in [4.69, 9.17) is 4.74 Å². The van der Waals surface area contributed by atoms with Crippen molar-refractivity contribution in [3.05, 3.63) is 23.9 Å². The van der Waals surface area contributed by atoms with Crippen molar-refractivity contribution in [1.29, 1.82) is 0 Å². The zero-order chi connectivity index (χ0) is 19.0. The second-order valence-corrected chi connectivity index (χ2v) is 9.18. The van der Waals surface area contributed by atoms with Crippen LogP contribution < -0.4 is 15.4 Å². The van der Waals surface area contributed by atoms with Gasteiger partial charge < -0.3 is 15.4 Å². The molecule has 0 saturated heterocycles. The molecule has 0 aliphatic heterocycles. The van der Waals surface area contributed by atoms with Crippen molar-refractivity contribution in [2.24, 2.45) is 4.99 Å². The summed E-state index contributed by atoms with van der Waals surface area (Å²) < 4.78 is 28.5. The molecule has 2 rings (SSSR count). The molecule has 154 valence electrons. The van der Waals surface area contributed by atoms with Crippen molar-refractivity contribution in [2.75, 3.05) is 19.1 Å². The molecule has 0 spiro atoms. The number of pyridine rings is 1. The van der Waals surface area contributed by atoms with Crippen LogP contribution in [0, 0.1) is 0 Å². The highest BCUT2D eigenvalue weighted by molar-refractivity contribution is 14.0. The number of rotatable bonds is 8. The fourth-order valence-corrected chi connectivity index (χ4v) is 3.66. The number of sulfone groups is 1. The van der Waals surface area contributed by atoms with E-state index >= 15 is 0 Å². The van der Waals surface area contributed by atoms with E-state index in [1.807, 2.05) is 19.1 Å². The minimum absolute atomic E-state index is 0. The molecule has 7 nitrogen and oxygen atoms in total. The van der Waals surface area contributed by atoms with E-state index in [-0.39, 0.29) is 41.9 Å². The van der Waals surface area contributed by atoms with Crippen molar-refractivity contribution < 1.29 is 13.2 Å². The van der Waals surface area contributed by atoms with E-state index in [2.05, 4.69) is 20.6 Å². The molecule has 1 atom stereocenters. The van der Waals surface area contributed by atoms with Gasteiger partial charge in [0.15, 0.2) is 5.96 Å². The van der Waals surface area contributed by atoms with Gasteiger partial charge in [0.2, 0.25) is 5.88 Å². The molecule has 1 saturated carbocycles. The van der Waals surface area contributed by atoms with Crippen LogP contribution in [0.4, 0.5) is 0 Å². The van der Waals surface area contributed by atoms with Gasteiger partial charge in [0, 0.05) is 38.2 Å². The van der Waals surface area contributed by atoms with Crippen LogP contribution in [0.25, 0.3) is 0 Å². The molecule has 27 heavy (non-hydrogen) atoms. The molecule has 0 aromatic carbocycles. The fraction of sp³-hybridized carbons (Fsp3) is 0.667. The molecule has 0 bridgehead atoms. The zero-order valence-corrected chi connectivity index (χ0v) is 19.4. The van der Waals surface area contributed by atoms with Gasteiger partial charge in [0.05, 0.1) is 5.75 Å². The Bertz CT molecular complexity index is 706. The van der Waals surface area contributed by atoms with Crippen LogP contribution in [0.3, 0.4) is 0 Å². The van der Waals surface area contributed by atoms with E-state index in [9.17, 15) is 8.42 Å². The maximum Gasteiger partial charge on any atom is 0.213 e. The Morgan fingerprint density at radius 3 is 2.74 bits per heavy atom. The minimum Gasteiger partial charge on any atom is -0.474 e. The molecule has 2 N–H and O–H groups in total. The average molecular weight is 510 g/mol. The first-order valence-corrected chi connectivity index (χ1v) is 11.2. The highest BCUT2D eigenvalue weighted by atomic mass is 127. The van der Waals surface area contributed by atoms with Gasteiger partial charge in [-0.15, -0.1) is 24.0 Å². The molecule has 1 aliphatic carbocycles. The van der Waals surface area contributed by atoms with Crippen LogP contribution in [-0.2, 0) is 16.4 Å². The first-order chi connectivity index (χ1) is 12.4. The summed E-state index contributed by atoms with van der Waals surface area (Å²) in [7, 11) is -1.26. The van der Waals surface area contributed by atoms with E-state index < -0.39 is 9.84 Å². The van der Waals surface area contributed by atoms with Crippen LogP contribution in [0.1, 0.15) is 44.6 Å². The Balaban J connectivity index is 0.00000364. The lowest BCUT2D eigenvalue weighted by Crippen LogP contribution is -2.42. The standard InChI is InChI=1S/C18H30N4O3S.HI/c1-14(9-11-26(3,23)24)22-18(19-2)21-13-15-8-10-20-17(12-15)25-16-6-4-5-7-16;/h8,10,12,14,16H,4-7,9,11,13H2,1-3H3,(H2,19,21,22);1H.